The first-order valence-corrected chi connectivity index (χ1v) is 9.16. The van der Waals surface area contributed by atoms with Crippen LogP contribution in [-0.4, -0.2) is 47.8 Å². The molecule has 20 heavy (non-hydrogen) atoms. The first-order valence-electron chi connectivity index (χ1n) is 6.32. The summed E-state index contributed by atoms with van der Waals surface area (Å²) in [5.74, 6) is 1.76. The summed E-state index contributed by atoms with van der Waals surface area (Å²) >= 11 is 1.46. The normalized spacial score (nSPS) is 20.9. The van der Waals surface area contributed by atoms with Crippen molar-refractivity contribution in [2.75, 3.05) is 36.6 Å². The van der Waals surface area contributed by atoms with E-state index in [9.17, 15) is 8.42 Å². The molecule has 1 fully saturated rings. The van der Waals surface area contributed by atoms with Crippen LogP contribution in [0.4, 0.5) is 11.6 Å². The van der Waals surface area contributed by atoms with Crippen LogP contribution in [0.25, 0.3) is 0 Å². The number of hydrogen-bond acceptors (Lipinski definition) is 7. The van der Waals surface area contributed by atoms with Crippen molar-refractivity contribution in [3.8, 4) is 0 Å². The zero-order valence-corrected chi connectivity index (χ0v) is 13.0. The Labute approximate surface area is 123 Å². The van der Waals surface area contributed by atoms with Crippen molar-refractivity contribution in [3.63, 3.8) is 0 Å². The Bertz CT molecular complexity index is 558. The van der Waals surface area contributed by atoms with E-state index in [-0.39, 0.29) is 0 Å². The highest BCUT2D eigenvalue weighted by molar-refractivity contribution is 7.99. The number of aromatic nitrogens is 2. The number of piperidine rings is 1. The second kappa shape index (κ2) is 6.15. The third-order valence-corrected chi connectivity index (χ3v) is 5.49. The van der Waals surface area contributed by atoms with Crippen LogP contribution < -0.4 is 11.5 Å². The molecule has 112 valence electrons. The van der Waals surface area contributed by atoms with Crippen molar-refractivity contribution in [3.05, 3.63) is 6.07 Å². The highest BCUT2D eigenvalue weighted by Crippen LogP contribution is 2.25. The van der Waals surface area contributed by atoms with Gasteiger partial charge in [0, 0.05) is 24.9 Å². The van der Waals surface area contributed by atoms with Crippen LogP contribution in [-0.2, 0) is 10.0 Å². The van der Waals surface area contributed by atoms with Gasteiger partial charge in [-0.3, -0.25) is 0 Å². The lowest BCUT2D eigenvalue weighted by molar-refractivity contribution is 0.286. The maximum atomic E-state index is 11.6. The van der Waals surface area contributed by atoms with Crippen molar-refractivity contribution in [2.45, 2.75) is 18.0 Å². The smallest absolute Gasteiger partial charge is 0.211 e. The minimum atomic E-state index is -3.10. The largest absolute Gasteiger partial charge is 0.383 e. The molecule has 0 saturated carbocycles. The molecule has 1 atom stereocenters. The Kier molecular flexibility index (Phi) is 4.71. The molecule has 1 aromatic rings. The van der Waals surface area contributed by atoms with E-state index in [1.165, 1.54) is 28.4 Å². The Morgan fingerprint density at radius 1 is 1.40 bits per heavy atom. The van der Waals surface area contributed by atoms with Crippen molar-refractivity contribution < 1.29 is 8.42 Å². The van der Waals surface area contributed by atoms with Gasteiger partial charge >= 0.3 is 0 Å². The fourth-order valence-corrected chi connectivity index (χ4v) is 4.12. The van der Waals surface area contributed by atoms with Crippen molar-refractivity contribution in [1.29, 1.82) is 0 Å². The lowest BCUT2D eigenvalue weighted by atomic mass is 10.0. The summed E-state index contributed by atoms with van der Waals surface area (Å²) in [6.07, 6.45) is 3.15. The van der Waals surface area contributed by atoms with Crippen LogP contribution >= 0.6 is 11.8 Å². The Hall–Kier alpha value is -1.06. The third-order valence-electron chi connectivity index (χ3n) is 3.14. The standard InChI is InChI=1S/C11H19N5O2S2/c1-20(17,18)16-4-2-3-8(6-16)7-19-11-14-9(12)5-10(13)15-11/h5,8H,2-4,6-7H2,1H3,(H4,12,13,14,15). The highest BCUT2D eigenvalue weighted by Gasteiger charge is 2.26. The molecular formula is C11H19N5O2S2. The van der Waals surface area contributed by atoms with Crippen LogP contribution in [0.5, 0.6) is 0 Å². The molecule has 0 aromatic carbocycles. The van der Waals surface area contributed by atoms with Gasteiger partial charge < -0.3 is 11.5 Å². The van der Waals surface area contributed by atoms with Crippen molar-refractivity contribution in [2.24, 2.45) is 5.92 Å². The predicted molar refractivity (Wildman–Crippen MR) is 80.7 cm³/mol. The summed E-state index contributed by atoms with van der Waals surface area (Å²) in [6, 6.07) is 1.51. The molecule has 0 aliphatic carbocycles. The number of hydrogen-bond donors (Lipinski definition) is 2. The van der Waals surface area contributed by atoms with Gasteiger partial charge in [-0.2, -0.15) is 0 Å². The molecule has 4 N–H and O–H groups in total. The zero-order valence-electron chi connectivity index (χ0n) is 11.3. The van der Waals surface area contributed by atoms with Gasteiger partial charge in [0.15, 0.2) is 5.16 Å². The number of nitrogen functional groups attached to an aromatic ring is 2. The Morgan fingerprint density at radius 3 is 2.65 bits per heavy atom. The minimum Gasteiger partial charge on any atom is -0.383 e. The maximum Gasteiger partial charge on any atom is 0.211 e. The maximum absolute atomic E-state index is 11.6. The van der Waals surface area contributed by atoms with E-state index in [0.717, 1.165) is 18.6 Å². The highest BCUT2D eigenvalue weighted by atomic mass is 32.2. The molecule has 0 radical (unpaired) electrons. The van der Waals surface area contributed by atoms with E-state index in [0.29, 0.717) is 35.8 Å². The second-order valence-electron chi connectivity index (χ2n) is 4.94. The summed E-state index contributed by atoms with van der Waals surface area (Å²) in [4.78, 5) is 8.21. The van der Waals surface area contributed by atoms with Gasteiger partial charge in [-0.05, 0) is 18.8 Å². The minimum absolute atomic E-state index is 0.301. The molecule has 9 heteroatoms. The predicted octanol–water partition coefficient (Wildman–Crippen LogP) is 0.405. The molecule has 2 heterocycles. The average molecular weight is 317 g/mol. The summed E-state index contributed by atoms with van der Waals surface area (Å²) in [5, 5.41) is 0.541. The van der Waals surface area contributed by atoms with Crippen molar-refractivity contribution >= 4 is 33.4 Å². The Balaban J connectivity index is 1.93. The van der Waals surface area contributed by atoms with Gasteiger partial charge in [-0.1, -0.05) is 11.8 Å². The first kappa shape index (κ1) is 15.3. The topological polar surface area (TPSA) is 115 Å². The zero-order chi connectivity index (χ0) is 14.8. The van der Waals surface area contributed by atoms with E-state index >= 15 is 0 Å². The number of nitrogens with two attached hydrogens (primary N) is 2. The van der Waals surface area contributed by atoms with Gasteiger partial charge in [-0.15, -0.1) is 0 Å². The molecule has 1 aromatic heterocycles. The van der Waals surface area contributed by atoms with Crippen LogP contribution in [0.1, 0.15) is 12.8 Å². The van der Waals surface area contributed by atoms with Crippen molar-refractivity contribution in [1.82, 2.24) is 14.3 Å². The molecule has 2 rings (SSSR count). The third kappa shape index (κ3) is 4.22. The molecule has 1 unspecified atom stereocenters. The van der Waals surface area contributed by atoms with Crippen LogP contribution in [0.3, 0.4) is 0 Å². The van der Waals surface area contributed by atoms with Crippen LogP contribution in [0, 0.1) is 5.92 Å². The monoisotopic (exact) mass is 317 g/mol. The van der Waals surface area contributed by atoms with E-state index in [2.05, 4.69) is 9.97 Å². The first-order chi connectivity index (χ1) is 9.34. The van der Waals surface area contributed by atoms with Crippen LogP contribution in [0.2, 0.25) is 0 Å². The number of thioether (sulfide) groups is 1. The number of rotatable bonds is 4. The number of anilines is 2. The molecular weight excluding hydrogens is 298 g/mol. The van der Waals surface area contributed by atoms with E-state index in [1.807, 2.05) is 0 Å². The van der Waals surface area contributed by atoms with E-state index in [1.54, 1.807) is 0 Å². The summed E-state index contributed by atoms with van der Waals surface area (Å²) in [7, 11) is -3.10. The van der Waals surface area contributed by atoms with Gasteiger partial charge in [0.2, 0.25) is 10.0 Å². The van der Waals surface area contributed by atoms with Gasteiger partial charge in [0.1, 0.15) is 11.6 Å². The van der Waals surface area contributed by atoms with Gasteiger partial charge in [0.25, 0.3) is 0 Å². The molecule has 0 amide bonds. The fraction of sp³-hybridized carbons (Fsp3) is 0.636. The molecule has 0 bridgehead atoms. The van der Waals surface area contributed by atoms with Gasteiger partial charge in [-0.25, -0.2) is 22.7 Å². The molecule has 1 aliphatic rings. The summed E-state index contributed by atoms with van der Waals surface area (Å²) < 4.78 is 24.7. The second-order valence-corrected chi connectivity index (χ2v) is 7.91. The van der Waals surface area contributed by atoms with Crippen LogP contribution in [0.15, 0.2) is 11.2 Å². The lowest BCUT2D eigenvalue weighted by Gasteiger charge is -2.30. The molecule has 1 aliphatic heterocycles. The number of sulfonamides is 1. The molecule has 0 spiro atoms. The molecule has 1 saturated heterocycles. The quantitative estimate of drug-likeness (QED) is 0.610. The summed E-state index contributed by atoms with van der Waals surface area (Å²) in [6.45, 7) is 1.17. The van der Waals surface area contributed by atoms with E-state index < -0.39 is 10.0 Å². The summed E-state index contributed by atoms with van der Waals surface area (Å²) in [5.41, 5.74) is 11.2. The molecule has 7 nitrogen and oxygen atoms in total. The van der Waals surface area contributed by atoms with E-state index in [4.69, 9.17) is 11.5 Å². The Morgan fingerprint density at radius 2 is 2.05 bits per heavy atom. The fourth-order valence-electron chi connectivity index (χ4n) is 2.18. The number of nitrogens with zero attached hydrogens (tertiary/aromatic N) is 3. The SMILES string of the molecule is CS(=O)(=O)N1CCCC(CSc2nc(N)cc(N)n2)C1. The van der Waals surface area contributed by atoms with Gasteiger partial charge in [0.05, 0.1) is 6.26 Å². The average Bonchev–Trinajstić information content (AvgIpc) is 2.35. The lowest BCUT2D eigenvalue weighted by Crippen LogP contribution is -2.39.